The molecule has 10 nitrogen and oxygen atoms in total. The Balaban J connectivity index is 1.10. The average Bonchev–Trinajstić information content (AvgIpc) is 3.88. The molecule has 2 aliphatic heterocycles. The Kier molecular flexibility index (Phi) is 8.71. The maximum absolute atomic E-state index is 12.6. The monoisotopic (exact) mass is 645 g/mol. The van der Waals surface area contributed by atoms with Gasteiger partial charge in [-0.05, 0) is 64.3 Å². The summed E-state index contributed by atoms with van der Waals surface area (Å²) in [5.74, 6) is 2.36. The van der Waals surface area contributed by atoms with Crippen LogP contribution in [0.3, 0.4) is 0 Å². The van der Waals surface area contributed by atoms with Crippen molar-refractivity contribution in [2.75, 3.05) is 44.7 Å². The number of fused-ring (bicyclic) bond motifs is 1. The van der Waals surface area contributed by atoms with Gasteiger partial charge in [-0.3, -0.25) is 14.1 Å². The van der Waals surface area contributed by atoms with Crippen LogP contribution in [0.1, 0.15) is 60.5 Å². The van der Waals surface area contributed by atoms with Gasteiger partial charge in [0.15, 0.2) is 5.13 Å². The van der Waals surface area contributed by atoms with E-state index in [1.165, 1.54) is 11.3 Å². The number of pyridine rings is 1. The molecule has 47 heavy (non-hydrogen) atoms. The number of anilines is 2. The van der Waals surface area contributed by atoms with E-state index in [0.29, 0.717) is 23.0 Å². The molecule has 0 atom stereocenters. The first-order valence-corrected chi connectivity index (χ1v) is 17.3. The minimum absolute atomic E-state index is 0.266. The largest absolute Gasteiger partial charge is 0.342 e. The van der Waals surface area contributed by atoms with Gasteiger partial charge in [0.05, 0.1) is 12.2 Å². The lowest BCUT2D eigenvalue weighted by Crippen LogP contribution is -2.42. The summed E-state index contributed by atoms with van der Waals surface area (Å²) in [6, 6.07) is 14.6. The summed E-state index contributed by atoms with van der Waals surface area (Å²) in [4.78, 5) is 39.0. The topological polar surface area (TPSA) is 107 Å². The third-order valence-corrected chi connectivity index (χ3v) is 10.5. The zero-order chi connectivity index (χ0) is 32.5. The molecule has 5 aromatic rings. The summed E-state index contributed by atoms with van der Waals surface area (Å²) in [5.41, 5.74) is 6.52. The zero-order valence-corrected chi connectivity index (χ0v) is 28.0. The molecular weight excluding hydrogens is 607 g/mol. The Labute approximate surface area is 279 Å². The van der Waals surface area contributed by atoms with Crippen LogP contribution in [0.2, 0.25) is 0 Å². The maximum atomic E-state index is 12.6. The first-order valence-electron chi connectivity index (χ1n) is 16.5. The Morgan fingerprint density at radius 3 is 2.36 bits per heavy atom. The summed E-state index contributed by atoms with van der Waals surface area (Å²) in [5, 5.41) is 10.7. The van der Waals surface area contributed by atoms with Gasteiger partial charge in [0.1, 0.15) is 33.9 Å². The fourth-order valence-corrected chi connectivity index (χ4v) is 7.52. The lowest BCUT2D eigenvalue weighted by Gasteiger charge is -2.31. The Bertz CT molecular complexity index is 1930. The van der Waals surface area contributed by atoms with Gasteiger partial charge in [-0.1, -0.05) is 48.1 Å². The van der Waals surface area contributed by atoms with Crippen molar-refractivity contribution in [2.45, 2.75) is 51.9 Å². The van der Waals surface area contributed by atoms with Crippen LogP contribution < -0.4 is 4.90 Å². The molecule has 2 aliphatic rings. The fourth-order valence-electron chi connectivity index (χ4n) is 6.67. The zero-order valence-electron chi connectivity index (χ0n) is 27.2. The number of imidazole rings is 1. The fraction of sp³-hybridized carbons (Fsp3) is 0.389. The van der Waals surface area contributed by atoms with Crippen LogP contribution in [0.4, 0.5) is 10.9 Å². The molecule has 240 valence electrons. The number of hydrogen-bond acceptors (Lipinski definition) is 9. The highest BCUT2D eigenvalue weighted by Crippen LogP contribution is 2.37. The predicted octanol–water partition coefficient (Wildman–Crippen LogP) is 6.23. The van der Waals surface area contributed by atoms with Crippen LogP contribution in [0.25, 0.3) is 28.0 Å². The summed E-state index contributed by atoms with van der Waals surface area (Å²) < 4.78 is 2.10. The van der Waals surface area contributed by atoms with Gasteiger partial charge in [0.2, 0.25) is 5.91 Å². The van der Waals surface area contributed by atoms with E-state index in [9.17, 15) is 10.1 Å². The molecule has 2 fully saturated rings. The number of carbonyl (C=O) groups is 1. The van der Waals surface area contributed by atoms with Gasteiger partial charge in [0, 0.05) is 61.3 Å². The van der Waals surface area contributed by atoms with E-state index in [2.05, 4.69) is 34.6 Å². The van der Waals surface area contributed by atoms with Gasteiger partial charge < -0.3 is 9.80 Å². The number of likely N-dealkylation sites (tertiary alicyclic amines) is 2. The summed E-state index contributed by atoms with van der Waals surface area (Å²) >= 11 is 1.39. The van der Waals surface area contributed by atoms with Crippen molar-refractivity contribution in [3.05, 3.63) is 76.9 Å². The van der Waals surface area contributed by atoms with E-state index in [1.807, 2.05) is 66.5 Å². The third-order valence-electron chi connectivity index (χ3n) is 9.42. The van der Waals surface area contributed by atoms with Crippen molar-refractivity contribution >= 4 is 33.8 Å². The molecule has 0 unspecified atom stereocenters. The van der Waals surface area contributed by atoms with Crippen molar-refractivity contribution in [1.29, 1.82) is 5.26 Å². The van der Waals surface area contributed by atoms with Crippen LogP contribution >= 0.6 is 11.3 Å². The van der Waals surface area contributed by atoms with Crippen molar-refractivity contribution in [1.82, 2.24) is 34.1 Å². The number of nitrogens with zero attached hydrogens (tertiary/aromatic N) is 9. The molecule has 0 spiro atoms. The number of thiazole rings is 1. The smallest absolute Gasteiger partial charge is 0.236 e. The number of rotatable bonds is 8. The van der Waals surface area contributed by atoms with Crippen LogP contribution in [0, 0.1) is 18.3 Å². The number of benzene rings is 1. The number of piperidine rings is 1. The number of hydrogen-bond donors (Lipinski definition) is 0. The van der Waals surface area contributed by atoms with Crippen LogP contribution in [0.5, 0.6) is 0 Å². The molecule has 4 aromatic heterocycles. The lowest BCUT2D eigenvalue weighted by atomic mass is 9.95. The van der Waals surface area contributed by atoms with Crippen molar-refractivity contribution in [3.63, 3.8) is 0 Å². The van der Waals surface area contributed by atoms with Gasteiger partial charge in [-0.25, -0.2) is 19.9 Å². The SMILES string of the molecule is CCc1nc2ccc(-c3cnc(C4CCN(CC(=O)N5CCCC5)CC4)nc3)cn2c1N(C)c1nc(-c2ccc(C)cc2)c(C#N)s1. The Hall–Kier alpha value is -4.66. The van der Waals surface area contributed by atoms with Crippen molar-refractivity contribution in [3.8, 4) is 28.5 Å². The maximum Gasteiger partial charge on any atom is 0.236 e. The van der Waals surface area contributed by atoms with Crippen molar-refractivity contribution < 1.29 is 4.79 Å². The normalized spacial score (nSPS) is 15.7. The Morgan fingerprint density at radius 1 is 0.979 bits per heavy atom. The average molecular weight is 646 g/mol. The molecular formula is C36H39N9OS. The molecule has 1 aromatic carbocycles. The molecule has 1 amide bonds. The molecule has 2 saturated heterocycles. The van der Waals surface area contributed by atoms with Crippen LogP contribution in [0.15, 0.2) is 55.0 Å². The van der Waals surface area contributed by atoms with E-state index in [-0.39, 0.29) is 5.91 Å². The first kappa shape index (κ1) is 31.0. The Morgan fingerprint density at radius 2 is 1.68 bits per heavy atom. The van der Waals surface area contributed by atoms with E-state index < -0.39 is 0 Å². The second kappa shape index (κ2) is 13.2. The molecule has 0 radical (unpaired) electrons. The molecule has 0 N–H and O–H groups in total. The van der Waals surface area contributed by atoms with Gasteiger partial charge in [0.25, 0.3) is 0 Å². The lowest BCUT2D eigenvalue weighted by molar-refractivity contribution is -0.131. The second-order valence-electron chi connectivity index (χ2n) is 12.6. The number of amides is 1. The molecule has 0 saturated carbocycles. The minimum atomic E-state index is 0.266. The van der Waals surface area contributed by atoms with Crippen LogP contribution in [-0.4, -0.2) is 79.8 Å². The van der Waals surface area contributed by atoms with Gasteiger partial charge in [-0.2, -0.15) is 5.26 Å². The molecule has 6 heterocycles. The summed E-state index contributed by atoms with van der Waals surface area (Å²) in [7, 11) is 1.99. The number of carbonyl (C=O) groups excluding carboxylic acids is 1. The van der Waals surface area contributed by atoms with E-state index >= 15 is 0 Å². The quantitative estimate of drug-likeness (QED) is 0.196. The highest BCUT2D eigenvalue weighted by molar-refractivity contribution is 7.16. The van der Waals surface area contributed by atoms with E-state index in [1.54, 1.807) is 0 Å². The molecule has 7 rings (SSSR count). The molecule has 0 bridgehead atoms. The number of aromatic nitrogens is 5. The van der Waals surface area contributed by atoms with Crippen LogP contribution in [-0.2, 0) is 11.2 Å². The molecule has 0 aliphatic carbocycles. The minimum Gasteiger partial charge on any atom is -0.342 e. The summed E-state index contributed by atoms with van der Waals surface area (Å²) in [6.45, 7) is 8.27. The summed E-state index contributed by atoms with van der Waals surface area (Å²) in [6.07, 6.45) is 10.8. The van der Waals surface area contributed by atoms with E-state index in [0.717, 1.165) is 109 Å². The van der Waals surface area contributed by atoms with Crippen molar-refractivity contribution in [2.24, 2.45) is 0 Å². The first-order chi connectivity index (χ1) is 22.9. The molecule has 11 heteroatoms. The van der Waals surface area contributed by atoms with Gasteiger partial charge >= 0.3 is 0 Å². The van der Waals surface area contributed by atoms with Gasteiger partial charge in [-0.15, -0.1) is 0 Å². The number of nitriles is 1. The third kappa shape index (κ3) is 6.23. The predicted molar refractivity (Wildman–Crippen MR) is 185 cm³/mol. The highest BCUT2D eigenvalue weighted by Gasteiger charge is 2.27. The second-order valence-corrected chi connectivity index (χ2v) is 13.5. The number of aryl methyl sites for hydroxylation is 2. The highest BCUT2D eigenvalue weighted by atomic mass is 32.1. The standard InChI is InChI=1S/C36H39N9OS/c1-4-29-35(42(3)36-41-33(30(19-37)47-36)25-9-7-24(2)8-10-25)45-22-27(11-12-31(45)40-29)28-20-38-34(39-21-28)26-13-17-43(18-14-26)23-32(46)44-15-5-6-16-44/h7-12,20-22,26H,4-6,13-18,23H2,1-3H3. The van der Waals surface area contributed by atoms with E-state index in [4.69, 9.17) is 19.9 Å².